The predicted octanol–water partition coefficient (Wildman–Crippen LogP) is 4.09. The summed E-state index contributed by atoms with van der Waals surface area (Å²) in [5.74, 6) is -5.52. The highest BCUT2D eigenvalue weighted by Crippen LogP contribution is 2.22. The van der Waals surface area contributed by atoms with Crippen molar-refractivity contribution in [2.45, 2.75) is 50.6 Å². The summed E-state index contributed by atoms with van der Waals surface area (Å²) in [5, 5.41) is 18.4. The van der Waals surface area contributed by atoms with Gasteiger partial charge in [-0.15, -0.1) is 0 Å². The number of pyridine rings is 1. The maximum atomic E-state index is 12.6. The Balaban J connectivity index is 0.000000404. The number of hydrogen-bond donors (Lipinski definition) is 5. The van der Waals surface area contributed by atoms with Crippen molar-refractivity contribution in [3.8, 4) is 0 Å². The van der Waals surface area contributed by atoms with Crippen LogP contribution in [0.25, 0.3) is 10.9 Å². The first-order valence-electron chi connectivity index (χ1n) is 10.3. The minimum atomic E-state index is -5.08. The Kier molecular flexibility index (Phi) is 11.3. The van der Waals surface area contributed by atoms with Crippen LogP contribution in [0.1, 0.15) is 38.4 Å². The minimum absolute atomic E-state index is 0.00617. The number of nitrogens with zero attached hydrogens (tertiary/aromatic N) is 1. The van der Waals surface area contributed by atoms with E-state index >= 15 is 0 Å². The van der Waals surface area contributed by atoms with Crippen molar-refractivity contribution in [3.63, 3.8) is 0 Å². The van der Waals surface area contributed by atoms with Gasteiger partial charge in [-0.3, -0.25) is 15.2 Å². The number of aliphatic carboxylic acids is 2. The van der Waals surface area contributed by atoms with E-state index in [1.54, 1.807) is 0 Å². The van der Waals surface area contributed by atoms with Gasteiger partial charge in [0.25, 0.3) is 0 Å². The van der Waals surface area contributed by atoms with E-state index in [-0.39, 0.29) is 11.9 Å². The van der Waals surface area contributed by atoms with Crippen molar-refractivity contribution in [2.75, 3.05) is 6.54 Å². The maximum absolute atomic E-state index is 12.6. The maximum Gasteiger partial charge on any atom is 0.490 e. The molecule has 1 aliphatic heterocycles. The fraction of sp³-hybridized carbons (Fsp3) is 0.429. The zero-order chi connectivity index (χ0) is 28.6. The summed E-state index contributed by atoms with van der Waals surface area (Å²) in [6.07, 6.45) is -8.37. The lowest BCUT2D eigenvalue weighted by atomic mass is 9.93. The molecular formula is C21H23BrF6N4O5. The Labute approximate surface area is 214 Å². The second-order valence-corrected chi connectivity index (χ2v) is 8.78. The molecule has 1 unspecified atom stereocenters. The molecule has 206 valence electrons. The molecule has 2 atom stereocenters. The normalized spacial score (nSPS) is 18.4. The number of halogens is 7. The highest BCUT2D eigenvalue weighted by Gasteiger charge is 2.39. The highest BCUT2D eigenvalue weighted by atomic mass is 79.9. The average Bonchev–Trinajstić information content (AvgIpc) is 2.78. The van der Waals surface area contributed by atoms with Gasteiger partial charge in [-0.25, -0.2) is 15.0 Å². The summed E-state index contributed by atoms with van der Waals surface area (Å²) in [4.78, 5) is 35.0. The first kappa shape index (κ1) is 32.0. The van der Waals surface area contributed by atoms with E-state index < -0.39 is 29.8 Å². The molecule has 9 nitrogen and oxygen atoms in total. The van der Waals surface area contributed by atoms with Crippen molar-refractivity contribution in [1.82, 2.24) is 21.2 Å². The second kappa shape index (κ2) is 13.0. The summed E-state index contributed by atoms with van der Waals surface area (Å²) in [6.45, 7) is 4.77. The van der Waals surface area contributed by atoms with Crippen molar-refractivity contribution in [3.05, 3.63) is 40.5 Å². The van der Waals surface area contributed by atoms with E-state index in [0.717, 1.165) is 40.5 Å². The molecule has 1 aliphatic rings. The Morgan fingerprint density at radius 1 is 1.05 bits per heavy atom. The van der Waals surface area contributed by atoms with Crippen molar-refractivity contribution in [1.29, 1.82) is 0 Å². The molecule has 0 radical (unpaired) electrons. The molecule has 1 fully saturated rings. The van der Waals surface area contributed by atoms with Crippen LogP contribution in [0.4, 0.5) is 26.3 Å². The smallest absolute Gasteiger partial charge is 0.475 e. The van der Waals surface area contributed by atoms with Gasteiger partial charge < -0.3 is 15.5 Å². The molecule has 0 bridgehead atoms. The molecule has 5 N–H and O–H groups in total. The number of rotatable bonds is 3. The average molecular weight is 605 g/mol. The topological polar surface area (TPSA) is 141 Å². The fourth-order valence-electron chi connectivity index (χ4n) is 2.80. The van der Waals surface area contributed by atoms with Crippen LogP contribution in [-0.4, -0.2) is 57.5 Å². The van der Waals surface area contributed by atoms with Gasteiger partial charge in [0.1, 0.15) is 5.54 Å². The van der Waals surface area contributed by atoms with Crippen LogP contribution in [0.2, 0.25) is 0 Å². The number of carbonyl (C=O) groups excluding carboxylic acids is 1. The second-order valence-electron chi connectivity index (χ2n) is 7.86. The number of alkyl halides is 6. The molecule has 1 amide bonds. The van der Waals surface area contributed by atoms with E-state index in [0.29, 0.717) is 0 Å². The van der Waals surface area contributed by atoms with Crippen molar-refractivity contribution >= 4 is 44.7 Å². The molecule has 37 heavy (non-hydrogen) atoms. The van der Waals surface area contributed by atoms with E-state index in [1.165, 1.54) is 0 Å². The molecule has 0 spiro atoms. The fourth-order valence-corrected chi connectivity index (χ4v) is 3.15. The van der Waals surface area contributed by atoms with Crippen LogP contribution >= 0.6 is 15.9 Å². The molecular weight excluding hydrogens is 582 g/mol. The molecule has 0 aliphatic carbocycles. The number of carbonyl (C=O) groups is 3. The molecule has 1 aromatic heterocycles. The van der Waals surface area contributed by atoms with Crippen LogP contribution in [0.3, 0.4) is 0 Å². The van der Waals surface area contributed by atoms with Gasteiger partial charge in [0, 0.05) is 16.4 Å². The minimum Gasteiger partial charge on any atom is -0.475 e. The lowest BCUT2D eigenvalue weighted by Crippen LogP contribution is -2.62. The Morgan fingerprint density at radius 2 is 1.57 bits per heavy atom. The molecule has 2 aromatic rings. The largest absolute Gasteiger partial charge is 0.490 e. The quantitative estimate of drug-likeness (QED) is 0.330. The first-order valence-corrected chi connectivity index (χ1v) is 11.1. The van der Waals surface area contributed by atoms with E-state index in [4.69, 9.17) is 19.8 Å². The number of aromatic nitrogens is 1. The Morgan fingerprint density at radius 3 is 2.03 bits per heavy atom. The number of amides is 1. The van der Waals surface area contributed by atoms with E-state index in [9.17, 15) is 31.1 Å². The molecule has 1 aromatic carbocycles. The number of hydrogen-bond acceptors (Lipinski definition) is 6. The summed E-state index contributed by atoms with van der Waals surface area (Å²) in [5.41, 5.74) is 7.37. The zero-order valence-corrected chi connectivity index (χ0v) is 20.9. The first-order chi connectivity index (χ1) is 16.9. The van der Waals surface area contributed by atoms with Crippen LogP contribution in [-0.2, 0) is 14.4 Å². The van der Waals surface area contributed by atoms with Gasteiger partial charge in [0.15, 0.2) is 0 Å². The van der Waals surface area contributed by atoms with Crippen molar-refractivity contribution in [2.24, 2.45) is 0 Å². The highest BCUT2D eigenvalue weighted by molar-refractivity contribution is 9.10. The molecule has 3 rings (SSSR count). The zero-order valence-electron chi connectivity index (χ0n) is 19.3. The number of fused-ring (bicyclic) bond motifs is 1. The van der Waals surface area contributed by atoms with Gasteiger partial charge in [-0.05, 0) is 44.9 Å². The van der Waals surface area contributed by atoms with Crippen LogP contribution in [0, 0.1) is 0 Å². The predicted molar refractivity (Wildman–Crippen MR) is 122 cm³/mol. The van der Waals surface area contributed by atoms with Gasteiger partial charge in [0.05, 0.1) is 17.3 Å². The molecule has 2 heterocycles. The van der Waals surface area contributed by atoms with Crippen molar-refractivity contribution < 1.29 is 50.9 Å². The number of nitrogens with one attached hydrogen (secondary N) is 3. The summed E-state index contributed by atoms with van der Waals surface area (Å²) < 4.78 is 64.5. The van der Waals surface area contributed by atoms with E-state index in [1.807, 2.05) is 44.2 Å². The molecule has 1 saturated heterocycles. The van der Waals surface area contributed by atoms with Crippen LogP contribution in [0.15, 0.2) is 34.8 Å². The lowest BCUT2D eigenvalue weighted by molar-refractivity contribution is -0.193. The monoisotopic (exact) mass is 604 g/mol. The third-order valence-corrected chi connectivity index (χ3v) is 5.29. The SMILES string of the molecule is C[C@@H](NC(=O)C1(C)CCCNN1)c1ccc2ccc(Br)cc2n1.O=C(O)C(F)(F)F.O=C(O)C(F)(F)F. The van der Waals surface area contributed by atoms with Gasteiger partial charge >= 0.3 is 24.3 Å². The van der Waals surface area contributed by atoms with Gasteiger partial charge in [0.2, 0.25) is 5.91 Å². The third kappa shape index (κ3) is 10.5. The van der Waals surface area contributed by atoms with Gasteiger partial charge in [-0.1, -0.05) is 28.1 Å². The number of benzene rings is 1. The Bertz CT molecular complexity index is 1080. The summed E-state index contributed by atoms with van der Waals surface area (Å²) in [7, 11) is 0. The number of carboxylic acids is 2. The standard InChI is InChI=1S/C17H21BrN4O.2C2HF3O2/c1-11(20-16(23)17(2)8-3-9-19-22-17)14-7-5-12-4-6-13(18)10-15(12)21-14;2*3-2(4,5)1(6)7/h4-7,10-11,19,22H,3,8-9H2,1-2H3,(H,20,23);2*(H,6,7)/t11-,17?;;/m1../s1. The number of hydrazine groups is 1. The molecule has 0 saturated carbocycles. The van der Waals surface area contributed by atoms with Gasteiger partial charge in [-0.2, -0.15) is 26.3 Å². The third-order valence-electron chi connectivity index (χ3n) is 4.80. The summed E-state index contributed by atoms with van der Waals surface area (Å²) >= 11 is 3.47. The Hall–Kier alpha value is -2.98. The molecule has 16 heteroatoms. The lowest BCUT2D eigenvalue weighted by Gasteiger charge is -2.34. The summed E-state index contributed by atoms with van der Waals surface area (Å²) in [6, 6.07) is 9.87. The van der Waals surface area contributed by atoms with Crippen LogP contribution < -0.4 is 16.2 Å². The number of carboxylic acid groups (broad SMARTS) is 2. The van der Waals surface area contributed by atoms with Crippen LogP contribution in [0.5, 0.6) is 0 Å². The van der Waals surface area contributed by atoms with E-state index in [2.05, 4.69) is 37.1 Å².